The third-order valence-corrected chi connectivity index (χ3v) is 4.79. The van der Waals surface area contributed by atoms with Crippen molar-refractivity contribution in [2.75, 3.05) is 6.54 Å². The molecule has 3 unspecified atom stereocenters. The van der Waals surface area contributed by atoms with Gasteiger partial charge in [0.1, 0.15) is 10.0 Å². The summed E-state index contributed by atoms with van der Waals surface area (Å²) in [7, 11) is 0. The molecular weight excluding hydrogens is 254 g/mol. The highest BCUT2D eigenvalue weighted by atomic mass is 32.1. The van der Waals surface area contributed by atoms with E-state index in [9.17, 15) is 0 Å². The van der Waals surface area contributed by atoms with Crippen molar-refractivity contribution in [1.29, 1.82) is 0 Å². The van der Waals surface area contributed by atoms with Gasteiger partial charge in [-0.3, -0.25) is 0 Å². The third kappa shape index (κ3) is 2.69. The van der Waals surface area contributed by atoms with Gasteiger partial charge in [-0.15, -0.1) is 10.2 Å². The van der Waals surface area contributed by atoms with Crippen molar-refractivity contribution >= 4 is 11.3 Å². The van der Waals surface area contributed by atoms with Gasteiger partial charge in [0.25, 0.3) is 0 Å². The number of rotatable bonds is 5. The summed E-state index contributed by atoms with van der Waals surface area (Å²) in [4.78, 5) is 0. The molecule has 1 aliphatic rings. The Morgan fingerprint density at radius 2 is 2.05 bits per heavy atom. The van der Waals surface area contributed by atoms with Gasteiger partial charge in [0.2, 0.25) is 0 Å². The van der Waals surface area contributed by atoms with Gasteiger partial charge in [0.05, 0.1) is 6.04 Å². The molecule has 1 saturated carbocycles. The average molecular weight is 273 g/mol. The molecule has 1 aliphatic carbocycles. The van der Waals surface area contributed by atoms with E-state index in [0.717, 1.165) is 17.5 Å². The second-order valence-electron chi connectivity index (χ2n) is 5.20. The van der Waals surface area contributed by atoms with Gasteiger partial charge < -0.3 is 5.32 Å². The lowest BCUT2D eigenvalue weighted by Crippen LogP contribution is -2.21. The van der Waals surface area contributed by atoms with Crippen LogP contribution >= 0.6 is 11.3 Å². The first-order chi connectivity index (χ1) is 9.29. The lowest BCUT2D eigenvalue weighted by molar-refractivity contribution is 0.621. The Bertz CT molecular complexity index is 537. The van der Waals surface area contributed by atoms with Crippen LogP contribution in [0.2, 0.25) is 0 Å². The lowest BCUT2D eigenvalue weighted by atomic mass is 10.1. The minimum Gasteiger partial charge on any atom is -0.304 e. The molecule has 0 spiro atoms. The zero-order valence-electron chi connectivity index (χ0n) is 11.3. The molecule has 2 aromatic rings. The van der Waals surface area contributed by atoms with Crippen molar-refractivity contribution < 1.29 is 0 Å². The molecule has 1 fully saturated rings. The molecule has 3 nitrogen and oxygen atoms in total. The van der Waals surface area contributed by atoms with Gasteiger partial charge in [-0.2, -0.15) is 0 Å². The highest BCUT2D eigenvalue weighted by molar-refractivity contribution is 7.11. The van der Waals surface area contributed by atoms with Crippen LogP contribution in [-0.2, 0) is 0 Å². The largest absolute Gasteiger partial charge is 0.304 e. The number of benzene rings is 1. The molecule has 3 rings (SSSR count). The highest BCUT2D eigenvalue weighted by Gasteiger charge is 2.37. The smallest absolute Gasteiger partial charge is 0.139 e. The molecule has 1 aromatic heterocycles. The van der Waals surface area contributed by atoms with Crippen molar-refractivity contribution in [3.8, 4) is 0 Å². The Morgan fingerprint density at radius 3 is 2.68 bits per heavy atom. The standard InChI is InChI=1S/C15H19N3S/c1-3-16-13(11-7-5-4-6-8-11)15-18-17-14(19-15)12-9-10(12)2/h4-8,10,12-13,16H,3,9H2,1-2H3. The first kappa shape index (κ1) is 12.8. The molecule has 0 bridgehead atoms. The Labute approximate surface area is 118 Å². The third-order valence-electron chi connectivity index (χ3n) is 3.67. The topological polar surface area (TPSA) is 37.8 Å². The fourth-order valence-electron chi connectivity index (χ4n) is 2.38. The summed E-state index contributed by atoms with van der Waals surface area (Å²) < 4.78 is 0. The number of nitrogens with one attached hydrogen (secondary N) is 1. The van der Waals surface area contributed by atoms with E-state index in [1.807, 2.05) is 6.07 Å². The van der Waals surface area contributed by atoms with Crippen LogP contribution in [0.25, 0.3) is 0 Å². The summed E-state index contributed by atoms with van der Waals surface area (Å²) in [6, 6.07) is 10.7. The lowest BCUT2D eigenvalue weighted by Gasteiger charge is -2.14. The van der Waals surface area contributed by atoms with Crippen LogP contribution in [0.1, 0.15) is 47.8 Å². The van der Waals surface area contributed by atoms with E-state index >= 15 is 0 Å². The molecule has 100 valence electrons. The summed E-state index contributed by atoms with van der Waals surface area (Å²) in [6.45, 7) is 5.33. The van der Waals surface area contributed by atoms with Crippen LogP contribution in [0.4, 0.5) is 0 Å². The monoisotopic (exact) mass is 273 g/mol. The second kappa shape index (κ2) is 5.39. The van der Waals surface area contributed by atoms with Crippen LogP contribution in [-0.4, -0.2) is 16.7 Å². The summed E-state index contributed by atoms with van der Waals surface area (Å²) in [5.74, 6) is 1.44. The Hall–Kier alpha value is -1.26. The van der Waals surface area contributed by atoms with E-state index in [2.05, 4.69) is 53.6 Å². The molecule has 3 atom stereocenters. The average Bonchev–Trinajstić information content (AvgIpc) is 2.99. The SMILES string of the molecule is CCNC(c1ccccc1)c1nnc(C2CC2C)s1. The Morgan fingerprint density at radius 1 is 1.32 bits per heavy atom. The minimum absolute atomic E-state index is 0.173. The molecule has 0 aliphatic heterocycles. The van der Waals surface area contributed by atoms with Gasteiger partial charge >= 0.3 is 0 Å². The molecule has 1 N–H and O–H groups in total. The molecule has 1 heterocycles. The predicted molar refractivity (Wildman–Crippen MR) is 78.4 cm³/mol. The predicted octanol–water partition coefficient (Wildman–Crippen LogP) is 3.36. The van der Waals surface area contributed by atoms with E-state index in [1.165, 1.54) is 17.0 Å². The van der Waals surface area contributed by atoms with E-state index in [1.54, 1.807) is 11.3 Å². The summed E-state index contributed by atoms with van der Waals surface area (Å²) >= 11 is 1.77. The number of hydrogen-bond donors (Lipinski definition) is 1. The number of hydrogen-bond acceptors (Lipinski definition) is 4. The zero-order chi connectivity index (χ0) is 13.2. The maximum atomic E-state index is 4.41. The molecule has 0 amide bonds. The molecule has 1 aromatic carbocycles. The first-order valence-corrected chi connectivity index (χ1v) is 7.73. The zero-order valence-corrected chi connectivity index (χ0v) is 12.2. The summed E-state index contributed by atoms with van der Waals surface area (Å²) in [5, 5.41) is 14.6. The van der Waals surface area contributed by atoms with Gasteiger partial charge in [-0.1, -0.05) is 55.5 Å². The van der Waals surface area contributed by atoms with Crippen molar-refractivity contribution in [2.45, 2.75) is 32.2 Å². The molecule has 0 radical (unpaired) electrons. The number of nitrogens with zero attached hydrogens (tertiary/aromatic N) is 2. The van der Waals surface area contributed by atoms with Crippen molar-refractivity contribution in [1.82, 2.24) is 15.5 Å². The van der Waals surface area contributed by atoms with E-state index in [-0.39, 0.29) is 6.04 Å². The van der Waals surface area contributed by atoms with Crippen LogP contribution in [0, 0.1) is 5.92 Å². The number of aromatic nitrogens is 2. The van der Waals surface area contributed by atoms with Crippen molar-refractivity contribution in [3.63, 3.8) is 0 Å². The molecular formula is C15H19N3S. The highest BCUT2D eigenvalue weighted by Crippen LogP contribution is 2.48. The van der Waals surface area contributed by atoms with E-state index in [0.29, 0.717) is 5.92 Å². The second-order valence-corrected chi connectivity index (χ2v) is 6.24. The maximum Gasteiger partial charge on any atom is 0.139 e. The first-order valence-electron chi connectivity index (χ1n) is 6.91. The van der Waals surface area contributed by atoms with Gasteiger partial charge in [0.15, 0.2) is 0 Å². The van der Waals surface area contributed by atoms with Crippen molar-refractivity contribution in [2.24, 2.45) is 5.92 Å². The van der Waals surface area contributed by atoms with Gasteiger partial charge in [-0.25, -0.2) is 0 Å². The normalized spacial score (nSPS) is 23.3. The van der Waals surface area contributed by atoms with E-state index in [4.69, 9.17) is 0 Å². The molecule has 0 saturated heterocycles. The van der Waals surface area contributed by atoms with Gasteiger partial charge in [0, 0.05) is 5.92 Å². The molecule has 19 heavy (non-hydrogen) atoms. The van der Waals surface area contributed by atoms with E-state index < -0.39 is 0 Å². The van der Waals surface area contributed by atoms with Crippen LogP contribution in [0.5, 0.6) is 0 Å². The fraction of sp³-hybridized carbons (Fsp3) is 0.467. The van der Waals surface area contributed by atoms with Gasteiger partial charge in [-0.05, 0) is 24.4 Å². The maximum absolute atomic E-state index is 4.41. The fourth-order valence-corrected chi connectivity index (χ4v) is 3.57. The van der Waals surface area contributed by atoms with Crippen LogP contribution < -0.4 is 5.32 Å². The van der Waals surface area contributed by atoms with Crippen molar-refractivity contribution in [3.05, 3.63) is 45.9 Å². The minimum atomic E-state index is 0.173. The van der Waals surface area contributed by atoms with Crippen LogP contribution in [0.3, 0.4) is 0 Å². The van der Waals surface area contributed by atoms with Crippen LogP contribution in [0.15, 0.2) is 30.3 Å². The Balaban J connectivity index is 1.85. The Kier molecular flexibility index (Phi) is 3.62. The summed E-state index contributed by atoms with van der Waals surface area (Å²) in [5.41, 5.74) is 1.26. The molecule has 4 heteroatoms. The quantitative estimate of drug-likeness (QED) is 0.907. The summed E-state index contributed by atoms with van der Waals surface area (Å²) in [6.07, 6.45) is 1.27.